The molecule has 0 unspecified atom stereocenters. The molecule has 1 aromatic rings. The third kappa shape index (κ3) is 4.14. The monoisotopic (exact) mass is 234 g/mol. The average Bonchev–Trinajstić information content (AvgIpc) is 2.26. The zero-order chi connectivity index (χ0) is 12.1. The number of rotatable bonds is 6. The smallest absolute Gasteiger partial charge is 0.0717 e. The van der Waals surface area contributed by atoms with Crippen LogP contribution in [0.4, 0.5) is 0 Å². The van der Waals surface area contributed by atoms with Crippen LogP contribution in [0.15, 0.2) is 30.3 Å². The van der Waals surface area contributed by atoms with Gasteiger partial charge in [-0.15, -0.1) is 0 Å². The molecule has 1 aliphatic carbocycles. The molecule has 1 saturated carbocycles. The van der Waals surface area contributed by atoms with Crippen LogP contribution in [0.5, 0.6) is 0 Å². The minimum absolute atomic E-state index is 0.353. The van der Waals surface area contributed by atoms with Gasteiger partial charge in [0.15, 0.2) is 0 Å². The molecule has 0 bridgehead atoms. The molecular formula is C15H22O2. The highest BCUT2D eigenvalue weighted by Gasteiger charge is 2.30. The van der Waals surface area contributed by atoms with Crippen LogP contribution in [0.25, 0.3) is 0 Å². The molecular weight excluding hydrogens is 212 g/mol. The van der Waals surface area contributed by atoms with Gasteiger partial charge in [-0.05, 0) is 38.2 Å². The highest BCUT2D eigenvalue weighted by atomic mass is 16.5. The van der Waals surface area contributed by atoms with Crippen molar-refractivity contribution in [3.05, 3.63) is 35.9 Å². The Morgan fingerprint density at radius 1 is 1.18 bits per heavy atom. The Morgan fingerprint density at radius 2 is 1.88 bits per heavy atom. The van der Waals surface area contributed by atoms with Crippen LogP contribution >= 0.6 is 0 Å². The minimum atomic E-state index is 0.353. The van der Waals surface area contributed by atoms with Gasteiger partial charge in [-0.1, -0.05) is 30.3 Å². The summed E-state index contributed by atoms with van der Waals surface area (Å²) < 4.78 is 11.4. The molecule has 0 aliphatic heterocycles. The van der Waals surface area contributed by atoms with Crippen LogP contribution in [-0.2, 0) is 16.1 Å². The first-order valence-corrected chi connectivity index (χ1v) is 6.51. The zero-order valence-electron chi connectivity index (χ0n) is 10.8. The standard InChI is InChI=1S/C15H22O2/c1-12(2)17-15-8-14(9-15)11-16-10-13-6-4-3-5-7-13/h3-7,12,14-15H,8-11H2,1-2H3/t14-,15+. The maximum atomic E-state index is 5.73. The molecule has 1 aliphatic rings. The Balaban J connectivity index is 1.56. The predicted octanol–water partition coefficient (Wildman–Crippen LogP) is 3.41. The molecule has 2 nitrogen and oxygen atoms in total. The summed E-state index contributed by atoms with van der Waals surface area (Å²) in [6, 6.07) is 10.3. The van der Waals surface area contributed by atoms with Crippen LogP contribution in [0.3, 0.4) is 0 Å². The first-order valence-electron chi connectivity index (χ1n) is 6.51. The number of benzene rings is 1. The van der Waals surface area contributed by atoms with E-state index in [-0.39, 0.29) is 0 Å². The summed E-state index contributed by atoms with van der Waals surface area (Å²) >= 11 is 0. The lowest BCUT2D eigenvalue weighted by molar-refractivity contribution is -0.0820. The van der Waals surface area contributed by atoms with Crippen molar-refractivity contribution in [2.45, 2.75) is 45.5 Å². The molecule has 0 amide bonds. The lowest BCUT2D eigenvalue weighted by atomic mass is 9.83. The molecule has 1 fully saturated rings. The normalized spacial score (nSPS) is 23.7. The molecule has 1 aromatic carbocycles. The molecule has 0 aromatic heterocycles. The molecule has 2 heteroatoms. The van der Waals surface area contributed by atoms with Crippen LogP contribution in [0.2, 0.25) is 0 Å². The van der Waals surface area contributed by atoms with Crippen molar-refractivity contribution in [2.75, 3.05) is 6.61 Å². The van der Waals surface area contributed by atoms with Gasteiger partial charge < -0.3 is 9.47 Å². The van der Waals surface area contributed by atoms with E-state index in [9.17, 15) is 0 Å². The molecule has 94 valence electrons. The van der Waals surface area contributed by atoms with E-state index in [1.807, 2.05) is 6.07 Å². The van der Waals surface area contributed by atoms with Crippen molar-refractivity contribution in [1.82, 2.24) is 0 Å². The van der Waals surface area contributed by atoms with E-state index in [4.69, 9.17) is 9.47 Å². The number of hydrogen-bond donors (Lipinski definition) is 0. The minimum Gasteiger partial charge on any atom is -0.376 e. The van der Waals surface area contributed by atoms with Gasteiger partial charge >= 0.3 is 0 Å². The van der Waals surface area contributed by atoms with E-state index in [1.165, 1.54) is 5.56 Å². The second-order valence-electron chi connectivity index (χ2n) is 5.15. The molecule has 0 N–H and O–H groups in total. The molecule has 0 saturated heterocycles. The van der Waals surface area contributed by atoms with Crippen LogP contribution in [0, 0.1) is 5.92 Å². The Bertz CT molecular complexity index is 315. The van der Waals surface area contributed by atoms with Crippen molar-refractivity contribution in [1.29, 1.82) is 0 Å². The van der Waals surface area contributed by atoms with Crippen molar-refractivity contribution in [2.24, 2.45) is 5.92 Å². The van der Waals surface area contributed by atoms with E-state index in [2.05, 4.69) is 38.1 Å². The first kappa shape index (κ1) is 12.6. The second kappa shape index (κ2) is 6.18. The van der Waals surface area contributed by atoms with E-state index >= 15 is 0 Å². The van der Waals surface area contributed by atoms with Crippen molar-refractivity contribution in [3.63, 3.8) is 0 Å². The van der Waals surface area contributed by atoms with Gasteiger partial charge in [0, 0.05) is 0 Å². The molecule has 0 atom stereocenters. The fourth-order valence-electron chi connectivity index (χ4n) is 2.22. The quantitative estimate of drug-likeness (QED) is 0.751. The maximum absolute atomic E-state index is 5.73. The van der Waals surface area contributed by atoms with Gasteiger partial charge in [0.25, 0.3) is 0 Å². The third-order valence-corrected chi connectivity index (χ3v) is 3.12. The first-order chi connectivity index (χ1) is 8.24. The Hall–Kier alpha value is -0.860. The number of ether oxygens (including phenoxy) is 2. The lowest BCUT2D eigenvalue weighted by Crippen LogP contribution is -2.35. The van der Waals surface area contributed by atoms with Crippen LogP contribution in [-0.4, -0.2) is 18.8 Å². The molecule has 2 rings (SSSR count). The van der Waals surface area contributed by atoms with Gasteiger partial charge in [0.05, 0.1) is 25.4 Å². The van der Waals surface area contributed by atoms with Crippen molar-refractivity contribution in [3.8, 4) is 0 Å². The number of hydrogen-bond acceptors (Lipinski definition) is 2. The molecule has 0 spiro atoms. The van der Waals surface area contributed by atoms with Gasteiger partial charge in [-0.25, -0.2) is 0 Å². The third-order valence-electron chi connectivity index (χ3n) is 3.12. The largest absolute Gasteiger partial charge is 0.376 e. The van der Waals surface area contributed by atoms with E-state index in [1.54, 1.807) is 0 Å². The zero-order valence-corrected chi connectivity index (χ0v) is 10.8. The molecule has 0 heterocycles. The molecule has 17 heavy (non-hydrogen) atoms. The summed E-state index contributed by atoms with van der Waals surface area (Å²) in [6.45, 7) is 5.79. The topological polar surface area (TPSA) is 18.5 Å². The van der Waals surface area contributed by atoms with E-state index in [0.29, 0.717) is 18.1 Å². The highest BCUT2D eigenvalue weighted by molar-refractivity contribution is 5.13. The Morgan fingerprint density at radius 3 is 2.53 bits per heavy atom. The van der Waals surface area contributed by atoms with Gasteiger partial charge in [-0.3, -0.25) is 0 Å². The summed E-state index contributed by atoms with van der Waals surface area (Å²) in [5, 5.41) is 0. The van der Waals surface area contributed by atoms with Crippen molar-refractivity contribution >= 4 is 0 Å². The van der Waals surface area contributed by atoms with E-state index in [0.717, 1.165) is 26.1 Å². The van der Waals surface area contributed by atoms with Crippen molar-refractivity contribution < 1.29 is 9.47 Å². The second-order valence-corrected chi connectivity index (χ2v) is 5.15. The van der Waals surface area contributed by atoms with Gasteiger partial charge in [0.1, 0.15) is 0 Å². The fourth-order valence-corrected chi connectivity index (χ4v) is 2.22. The van der Waals surface area contributed by atoms with Gasteiger partial charge in [0.2, 0.25) is 0 Å². The van der Waals surface area contributed by atoms with E-state index < -0.39 is 0 Å². The maximum Gasteiger partial charge on any atom is 0.0717 e. The Kier molecular flexibility index (Phi) is 4.57. The predicted molar refractivity (Wildman–Crippen MR) is 68.8 cm³/mol. The summed E-state index contributed by atoms with van der Waals surface area (Å²) in [6.07, 6.45) is 3.14. The SMILES string of the molecule is CC(C)O[C@H]1C[C@@H](COCc2ccccc2)C1. The summed E-state index contributed by atoms with van der Waals surface area (Å²) in [4.78, 5) is 0. The Labute approximate surface area is 104 Å². The fraction of sp³-hybridized carbons (Fsp3) is 0.600. The van der Waals surface area contributed by atoms with Crippen LogP contribution in [0.1, 0.15) is 32.3 Å². The van der Waals surface area contributed by atoms with Crippen LogP contribution < -0.4 is 0 Å². The summed E-state index contributed by atoms with van der Waals surface area (Å²) in [7, 11) is 0. The summed E-state index contributed by atoms with van der Waals surface area (Å²) in [5.74, 6) is 0.697. The molecule has 0 radical (unpaired) electrons. The lowest BCUT2D eigenvalue weighted by Gasteiger charge is -2.36. The summed E-state index contributed by atoms with van der Waals surface area (Å²) in [5.41, 5.74) is 1.25. The van der Waals surface area contributed by atoms with Gasteiger partial charge in [-0.2, -0.15) is 0 Å². The highest BCUT2D eigenvalue weighted by Crippen LogP contribution is 2.31. The average molecular weight is 234 g/mol.